The molecule has 5 heteroatoms. The van der Waals surface area contributed by atoms with Crippen LogP contribution in [0, 0.1) is 43.4 Å². The van der Waals surface area contributed by atoms with Crippen LogP contribution in [0.4, 0.5) is 17.1 Å². The maximum Gasteiger partial charge on any atom is 2.00 e. The third-order valence-corrected chi connectivity index (χ3v) is 12.8. The van der Waals surface area contributed by atoms with E-state index in [1.807, 2.05) is 12.1 Å². The number of aromatic nitrogens is 1. The SMILES string of the molecule is [U+2].[c-]1cc(-c2ccc3c(c2)oc2cc(N(c4ccc(-c5ccccc5)cc4)c4cccc5c4oc4c(-c6ccccc6)cccc45)ccc23)ccc1-n1[c-]c(-c2ccccc2)c2ccccc21. The molecule has 3 heterocycles. The molecule has 3 aromatic heterocycles. The normalized spacial score (nSPS) is 11.5. The van der Waals surface area contributed by atoms with Crippen LogP contribution in [-0.4, -0.2) is 4.57 Å². The molecule has 0 aliphatic rings. The van der Waals surface area contributed by atoms with Gasteiger partial charge in [-0.15, -0.1) is 11.3 Å². The average Bonchev–Trinajstić information content (AvgIpc) is 4.09. The summed E-state index contributed by atoms with van der Waals surface area (Å²) in [5.41, 5.74) is 17.1. The molecule has 0 radical (unpaired) electrons. The summed E-state index contributed by atoms with van der Waals surface area (Å²) in [5, 5.41) is 5.42. The van der Waals surface area contributed by atoms with E-state index in [-0.39, 0.29) is 31.1 Å². The minimum atomic E-state index is 0. The summed E-state index contributed by atoms with van der Waals surface area (Å²) in [4.78, 5) is 2.28. The second-order valence-corrected chi connectivity index (χ2v) is 16.7. The molecular weight excluding hydrogens is 1040 g/mol. The number of nitrogens with zero attached hydrogens (tertiary/aromatic N) is 2. The van der Waals surface area contributed by atoms with Crippen LogP contribution in [0.5, 0.6) is 0 Å². The summed E-state index contributed by atoms with van der Waals surface area (Å²) in [6.07, 6.45) is 3.65. The minimum Gasteiger partial charge on any atom is -0.456 e. The Labute approximate surface area is 411 Å². The van der Waals surface area contributed by atoms with Crippen molar-refractivity contribution in [1.29, 1.82) is 0 Å². The number of furan rings is 2. The number of benzene rings is 10. The van der Waals surface area contributed by atoms with Crippen molar-refractivity contribution < 1.29 is 39.9 Å². The van der Waals surface area contributed by atoms with E-state index >= 15 is 0 Å². The second-order valence-electron chi connectivity index (χ2n) is 16.7. The first-order valence-corrected chi connectivity index (χ1v) is 22.2. The second kappa shape index (κ2) is 16.9. The van der Waals surface area contributed by atoms with E-state index in [2.05, 4.69) is 240 Å². The molecule has 0 aliphatic heterocycles. The Bertz CT molecular complexity index is 3910. The Kier molecular flexibility index (Phi) is 10.2. The van der Waals surface area contributed by atoms with Gasteiger partial charge in [0.2, 0.25) is 0 Å². The fourth-order valence-electron chi connectivity index (χ4n) is 9.63. The largest absolute Gasteiger partial charge is 2.00 e. The number of hydrogen-bond acceptors (Lipinski definition) is 3. The van der Waals surface area contributed by atoms with Gasteiger partial charge < -0.3 is 18.3 Å². The van der Waals surface area contributed by atoms with Gasteiger partial charge in [0, 0.05) is 38.9 Å². The van der Waals surface area contributed by atoms with E-state index in [1.54, 1.807) is 0 Å². The molecule has 13 rings (SSSR count). The minimum absolute atomic E-state index is 0. The Morgan fingerprint density at radius 2 is 0.970 bits per heavy atom. The molecule has 0 unspecified atom stereocenters. The van der Waals surface area contributed by atoms with Gasteiger partial charge in [0.25, 0.3) is 0 Å². The third kappa shape index (κ3) is 7.07. The Hall–Kier alpha value is -7.81. The maximum absolute atomic E-state index is 6.98. The van der Waals surface area contributed by atoms with Gasteiger partial charge in [-0.3, -0.25) is 0 Å². The fourth-order valence-corrected chi connectivity index (χ4v) is 9.63. The van der Waals surface area contributed by atoms with Crippen molar-refractivity contribution >= 4 is 71.8 Å². The van der Waals surface area contributed by atoms with Crippen LogP contribution in [0.1, 0.15) is 0 Å². The Morgan fingerprint density at radius 1 is 0.388 bits per heavy atom. The quantitative estimate of drug-likeness (QED) is 0.142. The Balaban J connectivity index is 0.00000468. The molecule has 0 saturated heterocycles. The first-order valence-electron chi connectivity index (χ1n) is 22.2. The van der Waals surface area contributed by atoms with Gasteiger partial charge in [0.05, 0.1) is 11.4 Å². The van der Waals surface area contributed by atoms with Gasteiger partial charge in [-0.1, -0.05) is 192 Å². The van der Waals surface area contributed by atoms with Gasteiger partial charge in [0.1, 0.15) is 16.7 Å². The molecule has 67 heavy (non-hydrogen) atoms. The topological polar surface area (TPSA) is 34.5 Å². The van der Waals surface area contributed by atoms with Crippen LogP contribution in [0.3, 0.4) is 0 Å². The molecule has 312 valence electrons. The Morgan fingerprint density at radius 3 is 1.72 bits per heavy atom. The van der Waals surface area contributed by atoms with Crippen LogP contribution >= 0.6 is 0 Å². The molecule has 0 bridgehead atoms. The van der Waals surface area contributed by atoms with E-state index in [1.165, 1.54) is 5.56 Å². The summed E-state index contributed by atoms with van der Waals surface area (Å²) in [7, 11) is 0. The number of anilines is 3. The van der Waals surface area contributed by atoms with E-state index < -0.39 is 0 Å². The number of hydrogen-bond donors (Lipinski definition) is 0. The van der Waals surface area contributed by atoms with Crippen LogP contribution in [0.25, 0.3) is 105 Å². The molecule has 0 fully saturated rings. The molecule has 4 nitrogen and oxygen atoms in total. The summed E-state index contributed by atoms with van der Waals surface area (Å²) >= 11 is 0. The van der Waals surface area contributed by atoms with E-state index in [4.69, 9.17) is 8.83 Å². The smallest absolute Gasteiger partial charge is 0.456 e. The van der Waals surface area contributed by atoms with E-state index in [0.717, 1.165) is 116 Å². The van der Waals surface area contributed by atoms with Crippen LogP contribution in [0.15, 0.2) is 239 Å². The van der Waals surface area contributed by atoms with Crippen molar-refractivity contribution in [2.45, 2.75) is 0 Å². The average molecular weight is 1080 g/mol. The summed E-state index contributed by atoms with van der Waals surface area (Å²) < 4.78 is 15.9. The molecule has 10 aromatic carbocycles. The molecule has 13 aromatic rings. The van der Waals surface area contributed by atoms with Gasteiger partial charge in [-0.05, 0) is 64.8 Å². The first kappa shape index (κ1) is 40.7. The van der Waals surface area contributed by atoms with Crippen molar-refractivity contribution in [3.63, 3.8) is 0 Å². The summed E-state index contributed by atoms with van der Waals surface area (Å²) in [5.74, 6) is 0. The van der Waals surface area contributed by atoms with Gasteiger partial charge in [-0.2, -0.15) is 24.3 Å². The third-order valence-electron chi connectivity index (χ3n) is 12.8. The van der Waals surface area contributed by atoms with Crippen molar-refractivity contribution in [2.24, 2.45) is 0 Å². The van der Waals surface area contributed by atoms with E-state index in [0.29, 0.717) is 0 Å². The summed E-state index contributed by atoms with van der Waals surface area (Å²) in [6, 6.07) is 84.4. The molecule has 0 atom stereocenters. The zero-order valence-electron chi connectivity index (χ0n) is 36.2. The molecular formula is C62H38N2O2U. The molecule has 0 aliphatic carbocycles. The molecule has 0 saturated carbocycles. The van der Waals surface area contributed by atoms with Gasteiger partial charge in [-0.25, -0.2) is 0 Å². The van der Waals surface area contributed by atoms with Crippen LogP contribution in [-0.2, 0) is 0 Å². The molecule has 0 N–H and O–H groups in total. The zero-order valence-corrected chi connectivity index (χ0v) is 40.3. The van der Waals surface area contributed by atoms with Gasteiger partial charge >= 0.3 is 31.1 Å². The summed E-state index contributed by atoms with van der Waals surface area (Å²) in [6.45, 7) is 0. The predicted molar refractivity (Wildman–Crippen MR) is 272 cm³/mol. The van der Waals surface area contributed by atoms with Crippen molar-refractivity contribution in [3.05, 3.63) is 243 Å². The van der Waals surface area contributed by atoms with Crippen LogP contribution < -0.4 is 4.90 Å². The number of rotatable bonds is 8. The maximum atomic E-state index is 6.98. The first-order chi connectivity index (χ1) is 32.7. The fraction of sp³-hybridized carbons (Fsp3) is 0. The standard InChI is InChI=1S/C62H38N2O2.U/c1-4-14-41(15-5-1)42-28-33-48(34-29-42)64(58-25-13-23-55-54-22-12-21-50(61(54)66-62(55)58)44-16-6-2-7-17-44)49-35-37-53-52-36-30-46(38-59(52)65-60(53)39-49)43-26-31-47(32-27-43)63-40-56(45-18-8-3-9-19-45)51-20-10-11-24-57(51)63;/h1-31,33-39H;/q-2;+2. The van der Waals surface area contributed by atoms with Crippen molar-refractivity contribution in [1.82, 2.24) is 4.57 Å². The zero-order chi connectivity index (χ0) is 43.6. The van der Waals surface area contributed by atoms with Crippen molar-refractivity contribution in [2.75, 3.05) is 4.90 Å². The number of para-hydroxylation sites is 3. The van der Waals surface area contributed by atoms with Crippen LogP contribution in [0.2, 0.25) is 0 Å². The predicted octanol–water partition coefficient (Wildman–Crippen LogP) is 17.2. The molecule has 0 spiro atoms. The van der Waals surface area contributed by atoms with Crippen molar-refractivity contribution in [3.8, 4) is 50.2 Å². The van der Waals surface area contributed by atoms with Gasteiger partial charge in [0.15, 0.2) is 5.58 Å². The molecule has 0 amide bonds. The van der Waals surface area contributed by atoms with E-state index in [9.17, 15) is 0 Å². The monoisotopic (exact) mass is 1080 g/mol. The number of fused-ring (bicyclic) bond motifs is 7.